The Kier molecular flexibility index (Phi) is 4.06. The molecule has 0 spiro atoms. The SMILES string of the molecule is COC(C)(C)CCn1cnc2cc(Br)ccc2c1=O. The van der Waals surface area contributed by atoms with Gasteiger partial charge in [-0.05, 0) is 38.5 Å². The molecule has 0 amide bonds. The Morgan fingerprint density at radius 1 is 1.42 bits per heavy atom. The number of aromatic nitrogens is 2. The molecule has 5 heteroatoms. The van der Waals surface area contributed by atoms with Crippen LogP contribution < -0.4 is 5.56 Å². The summed E-state index contributed by atoms with van der Waals surface area (Å²) in [6, 6.07) is 5.50. The van der Waals surface area contributed by atoms with Crippen molar-refractivity contribution in [1.82, 2.24) is 9.55 Å². The van der Waals surface area contributed by atoms with Gasteiger partial charge in [-0.2, -0.15) is 0 Å². The summed E-state index contributed by atoms with van der Waals surface area (Å²) in [6.45, 7) is 4.60. The molecule has 0 fully saturated rings. The maximum atomic E-state index is 12.3. The first-order valence-electron chi connectivity index (χ1n) is 6.13. The number of aryl methyl sites for hydroxylation is 1. The summed E-state index contributed by atoms with van der Waals surface area (Å²) in [5.41, 5.74) is 0.458. The minimum atomic E-state index is -0.242. The van der Waals surface area contributed by atoms with Gasteiger partial charge in [0.15, 0.2) is 0 Å². The maximum absolute atomic E-state index is 12.3. The van der Waals surface area contributed by atoms with E-state index in [0.717, 1.165) is 10.9 Å². The lowest BCUT2D eigenvalue weighted by Gasteiger charge is -2.22. The first-order valence-corrected chi connectivity index (χ1v) is 6.92. The molecule has 4 nitrogen and oxygen atoms in total. The average Bonchev–Trinajstić information content (AvgIpc) is 2.38. The van der Waals surface area contributed by atoms with Gasteiger partial charge < -0.3 is 4.74 Å². The van der Waals surface area contributed by atoms with Crippen LogP contribution in [0.4, 0.5) is 0 Å². The number of benzene rings is 1. The van der Waals surface area contributed by atoms with Gasteiger partial charge in [-0.1, -0.05) is 15.9 Å². The van der Waals surface area contributed by atoms with E-state index in [9.17, 15) is 4.79 Å². The predicted molar refractivity (Wildman–Crippen MR) is 79.4 cm³/mol. The number of halogens is 1. The molecule has 0 radical (unpaired) electrons. The van der Waals surface area contributed by atoms with Crippen LogP contribution in [0.3, 0.4) is 0 Å². The van der Waals surface area contributed by atoms with Gasteiger partial charge in [-0.25, -0.2) is 4.98 Å². The van der Waals surface area contributed by atoms with Gasteiger partial charge >= 0.3 is 0 Å². The summed E-state index contributed by atoms with van der Waals surface area (Å²) in [4.78, 5) is 16.6. The summed E-state index contributed by atoms with van der Waals surface area (Å²) < 4.78 is 7.92. The number of methoxy groups -OCH3 is 1. The lowest BCUT2D eigenvalue weighted by molar-refractivity contribution is 0.0118. The lowest BCUT2D eigenvalue weighted by Crippen LogP contribution is -2.28. The van der Waals surface area contributed by atoms with Crippen molar-refractivity contribution in [3.8, 4) is 0 Å². The normalized spacial score (nSPS) is 12.0. The van der Waals surface area contributed by atoms with E-state index in [1.165, 1.54) is 0 Å². The average molecular weight is 325 g/mol. The van der Waals surface area contributed by atoms with Gasteiger partial charge in [0.2, 0.25) is 0 Å². The Bertz CT molecular complexity index is 649. The monoisotopic (exact) mass is 324 g/mol. The molecule has 0 saturated carbocycles. The van der Waals surface area contributed by atoms with Gasteiger partial charge in [-0.3, -0.25) is 9.36 Å². The molecule has 0 aliphatic carbocycles. The van der Waals surface area contributed by atoms with Gasteiger partial charge in [-0.15, -0.1) is 0 Å². The molecule has 1 aromatic heterocycles. The molecule has 0 bridgehead atoms. The van der Waals surface area contributed by atoms with Crippen molar-refractivity contribution >= 4 is 26.8 Å². The topological polar surface area (TPSA) is 44.1 Å². The Hall–Kier alpha value is -1.20. The fourth-order valence-corrected chi connectivity index (χ4v) is 2.13. The van der Waals surface area contributed by atoms with Gasteiger partial charge in [0.05, 0.1) is 22.8 Å². The molecule has 2 rings (SSSR count). The van der Waals surface area contributed by atoms with E-state index in [2.05, 4.69) is 20.9 Å². The van der Waals surface area contributed by atoms with Crippen LogP contribution in [0.15, 0.2) is 33.8 Å². The van der Waals surface area contributed by atoms with Crippen LogP contribution in [-0.2, 0) is 11.3 Å². The highest BCUT2D eigenvalue weighted by molar-refractivity contribution is 9.10. The Morgan fingerprint density at radius 3 is 2.84 bits per heavy atom. The largest absolute Gasteiger partial charge is 0.379 e. The molecule has 0 saturated heterocycles. The maximum Gasteiger partial charge on any atom is 0.261 e. The quantitative estimate of drug-likeness (QED) is 0.868. The molecule has 0 aliphatic heterocycles. The van der Waals surface area contributed by atoms with Crippen molar-refractivity contribution < 1.29 is 4.74 Å². The van der Waals surface area contributed by atoms with Crippen molar-refractivity contribution in [2.75, 3.05) is 7.11 Å². The number of fused-ring (bicyclic) bond motifs is 1. The number of hydrogen-bond acceptors (Lipinski definition) is 3. The van der Waals surface area contributed by atoms with E-state index in [1.807, 2.05) is 26.0 Å². The zero-order valence-corrected chi connectivity index (χ0v) is 12.9. The molecule has 2 aromatic rings. The van der Waals surface area contributed by atoms with E-state index in [1.54, 1.807) is 24.1 Å². The smallest absolute Gasteiger partial charge is 0.261 e. The van der Waals surface area contributed by atoms with Crippen LogP contribution in [0.1, 0.15) is 20.3 Å². The highest BCUT2D eigenvalue weighted by Gasteiger charge is 2.16. The molecular weight excluding hydrogens is 308 g/mol. The Labute approximate surface area is 120 Å². The molecule has 0 aliphatic rings. The standard InChI is InChI=1S/C14H17BrN2O2/c1-14(2,19-3)6-7-17-9-16-12-8-10(15)4-5-11(12)13(17)18/h4-5,8-9H,6-7H2,1-3H3. The summed E-state index contributed by atoms with van der Waals surface area (Å²) in [5, 5.41) is 0.640. The van der Waals surface area contributed by atoms with Crippen LogP contribution in [0.2, 0.25) is 0 Å². The highest BCUT2D eigenvalue weighted by atomic mass is 79.9. The summed E-state index contributed by atoms with van der Waals surface area (Å²) in [7, 11) is 1.68. The summed E-state index contributed by atoms with van der Waals surface area (Å²) in [5.74, 6) is 0. The Balaban J connectivity index is 2.33. The van der Waals surface area contributed by atoms with Crippen molar-refractivity contribution in [3.63, 3.8) is 0 Å². The third-order valence-electron chi connectivity index (χ3n) is 3.29. The third kappa shape index (κ3) is 3.22. The van der Waals surface area contributed by atoms with Crippen molar-refractivity contribution in [1.29, 1.82) is 0 Å². The van der Waals surface area contributed by atoms with Gasteiger partial charge in [0.25, 0.3) is 5.56 Å². The number of hydrogen-bond donors (Lipinski definition) is 0. The highest BCUT2D eigenvalue weighted by Crippen LogP contribution is 2.16. The molecule has 1 heterocycles. The molecule has 0 unspecified atom stereocenters. The van der Waals surface area contributed by atoms with Crippen LogP contribution in [0, 0.1) is 0 Å². The van der Waals surface area contributed by atoms with Crippen LogP contribution >= 0.6 is 15.9 Å². The summed E-state index contributed by atoms with van der Waals surface area (Å²) in [6.07, 6.45) is 2.36. The first kappa shape index (κ1) is 14.2. The zero-order valence-electron chi connectivity index (χ0n) is 11.3. The van der Waals surface area contributed by atoms with Crippen molar-refractivity contribution in [2.24, 2.45) is 0 Å². The fourth-order valence-electron chi connectivity index (χ4n) is 1.78. The lowest BCUT2D eigenvalue weighted by atomic mass is 10.1. The molecular formula is C14H17BrN2O2. The van der Waals surface area contributed by atoms with Gasteiger partial charge in [0.1, 0.15) is 0 Å². The second-order valence-corrected chi connectivity index (χ2v) is 6.03. The third-order valence-corrected chi connectivity index (χ3v) is 3.79. The van der Waals surface area contributed by atoms with E-state index >= 15 is 0 Å². The van der Waals surface area contributed by atoms with E-state index in [-0.39, 0.29) is 11.2 Å². The van der Waals surface area contributed by atoms with E-state index in [0.29, 0.717) is 17.4 Å². The molecule has 0 N–H and O–H groups in total. The second-order valence-electron chi connectivity index (χ2n) is 5.12. The first-order chi connectivity index (χ1) is 8.93. The van der Waals surface area contributed by atoms with E-state index < -0.39 is 0 Å². The van der Waals surface area contributed by atoms with E-state index in [4.69, 9.17) is 4.74 Å². The number of nitrogens with zero attached hydrogens (tertiary/aromatic N) is 2. The predicted octanol–water partition coefficient (Wildman–Crippen LogP) is 2.97. The van der Waals surface area contributed by atoms with Gasteiger partial charge in [0, 0.05) is 18.1 Å². The summed E-state index contributed by atoms with van der Waals surface area (Å²) >= 11 is 3.38. The van der Waals surface area contributed by atoms with Crippen LogP contribution in [-0.4, -0.2) is 22.3 Å². The minimum Gasteiger partial charge on any atom is -0.379 e. The second kappa shape index (κ2) is 5.43. The zero-order chi connectivity index (χ0) is 14.0. The molecule has 0 atom stereocenters. The molecule has 1 aromatic carbocycles. The van der Waals surface area contributed by atoms with Crippen LogP contribution in [0.25, 0.3) is 10.9 Å². The minimum absolute atomic E-state index is 0.00981. The fraction of sp³-hybridized carbons (Fsp3) is 0.429. The Morgan fingerprint density at radius 2 is 2.16 bits per heavy atom. The van der Waals surface area contributed by atoms with Crippen molar-refractivity contribution in [3.05, 3.63) is 39.4 Å². The number of ether oxygens (including phenoxy) is 1. The van der Waals surface area contributed by atoms with Crippen molar-refractivity contribution in [2.45, 2.75) is 32.4 Å². The molecule has 102 valence electrons. The van der Waals surface area contributed by atoms with Crippen LogP contribution in [0.5, 0.6) is 0 Å². The molecule has 19 heavy (non-hydrogen) atoms. The number of rotatable bonds is 4.